The van der Waals surface area contributed by atoms with E-state index in [0.717, 1.165) is 29.4 Å². The van der Waals surface area contributed by atoms with Crippen molar-refractivity contribution < 1.29 is 9.53 Å². The minimum atomic E-state index is 0.221. The predicted molar refractivity (Wildman–Crippen MR) is 123 cm³/mol. The Kier molecular flexibility index (Phi) is 6.67. The van der Waals surface area contributed by atoms with E-state index in [1.165, 1.54) is 27.7 Å². The second-order valence-corrected chi connectivity index (χ2v) is 8.66. The fraction of sp³-hybridized carbons (Fsp3) is 0.375. The number of ether oxygens (including phenoxy) is 1. The topological polar surface area (TPSA) is 34.5 Å². The number of fused-ring (bicyclic) bond motifs is 1. The fourth-order valence-corrected chi connectivity index (χ4v) is 4.50. The van der Waals surface area contributed by atoms with Gasteiger partial charge in [0, 0.05) is 52.7 Å². The van der Waals surface area contributed by atoms with Gasteiger partial charge in [-0.25, -0.2) is 0 Å². The zero-order chi connectivity index (χ0) is 21.1. The molecule has 4 rings (SSSR count). The molecule has 30 heavy (non-hydrogen) atoms. The molecule has 0 radical (unpaired) electrons. The van der Waals surface area contributed by atoms with E-state index in [0.29, 0.717) is 32.7 Å². The first kappa shape index (κ1) is 21.2. The van der Waals surface area contributed by atoms with Crippen molar-refractivity contribution in [3.63, 3.8) is 0 Å². The molecule has 1 aliphatic heterocycles. The quantitative estimate of drug-likeness (QED) is 0.503. The van der Waals surface area contributed by atoms with Gasteiger partial charge in [-0.3, -0.25) is 4.79 Å². The Morgan fingerprint density at radius 2 is 1.73 bits per heavy atom. The summed E-state index contributed by atoms with van der Waals surface area (Å²) in [7, 11) is 0. The molecule has 0 aliphatic carbocycles. The Bertz CT molecular complexity index is 1040. The Hall–Kier alpha value is -2.01. The summed E-state index contributed by atoms with van der Waals surface area (Å²) >= 11 is 12.4. The van der Waals surface area contributed by atoms with E-state index >= 15 is 0 Å². The number of aryl methyl sites for hydroxylation is 1. The zero-order valence-electron chi connectivity index (χ0n) is 17.2. The molecule has 1 amide bonds. The Labute approximate surface area is 187 Å². The van der Waals surface area contributed by atoms with Gasteiger partial charge in [0.15, 0.2) is 0 Å². The Morgan fingerprint density at radius 3 is 2.47 bits per heavy atom. The summed E-state index contributed by atoms with van der Waals surface area (Å²) in [4.78, 5) is 14.4. The first-order chi connectivity index (χ1) is 14.5. The number of hydrogen-bond acceptors (Lipinski definition) is 2. The summed E-state index contributed by atoms with van der Waals surface area (Å²) in [6, 6.07) is 14.0. The van der Waals surface area contributed by atoms with Crippen LogP contribution < -0.4 is 0 Å². The summed E-state index contributed by atoms with van der Waals surface area (Å²) < 4.78 is 7.67. The van der Waals surface area contributed by atoms with Crippen LogP contribution in [0.5, 0.6) is 0 Å². The average Bonchev–Trinajstić information content (AvgIpc) is 3.01. The molecule has 0 saturated carbocycles. The van der Waals surface area contributed by atoms with Crippen molar-refractivity contribution in [2.75, 3.05) is 26.3 Å². The van der Waals surface area contributed by atoms with E-state index in [2.05, 4.69) is 29.7 Å². The van der Waals surface area contributed by atoms with Gasteiger partial charge < -0.3 is 14.2 Å². The van der Waals surface area contributed by atoms with Gasteiger partial charge in [0.1, 0.15) is 0 Å². The van der Waals surface area contributed by atoms with Crippen LogP contribution in [0.2, 0.25) is 10.0 Å². The first-order valence-corrected chi connectivity index (χ1v) is 11.2. The molecule has 3 aromatic rings. The average molecular weight is 445 g/mol. The van der Waals surface area contributed by atoms with Crippen molar-refractivity contribution in [2.45, 2.75) is 32.7 Å². The second kappa shape index (κ2) is 9.42. The van der Waals surface area contributed by atoms with Crippen LogP contribution >= 0.6 is 23.2 Å². The van der Waals surface area contributed by atoms with E-state index in [9.17, 15) is 4.79 Å². The molecule has 0 N–H and O–H groups in total. The van der Waals surface area contributed by atoms with Gasteiger partial charge in [-0.15, -0.1) is 0 Å². The number of aromatic nitrogens is 1. The number of benzene rings is 2. The summed E-state index contributed by atoms with van der Waals surface area (Å²) in [6.45, 7) is 5.61. The van der Waals surface area contributed by atoms with Crippen LogP contribution in [0.1, 0.15) is 29.7 Å². The van der Waals surface area contributed by atoms with E-state index in [1.807, 2.05) is 29.2 Å². The zero-order valence-corrected chi connectivity index (χ0v) is 18.7. The minimum absolute atomic E-state index is 0.221. The highest BCUT2D eigenvalue weighted by Gasteiger charge is 2.18. The summed E-state index contributed by atoms with van der Waals surface area (Å²) in [5.74, 6) is 0.221. The number of halogens is 2. The highest BCUT2D eigenvalue weighted by atomic mass is 35.5. The summed E-state index contributed by atoms with van der Waals surface area (Å²) in [5.41, 5.74) is 4.86. The maximum atomic E-state index is 12.5. The lowest BCUT2D eigenvalue weighted by Gasteiger charge is -2.26. The third-order valence-electron chi connectivity index (χ3n) is 5.85. The Balaban J connectivity index is 1.54. The highest BCUT2D eigenvalue weighted by Crippen LogP contribution is 2.30. The van der Waals surface area contributed by atoms with Gasteiger partial charge in [0.05, 0.1) is 13.2 Å². The maximum Gasteiger partial charge on any atom is 0.222 e. The van der Waals surface area contributed by atoms with Crippen LogP contribution in [-0.4, -0.2) is 41.7 Å². The van der Waals surface area contributed by atoms with Crippen LogP contribution in [-0.2, 0) is 22.5 Å². The molecule has 1 aliphatic rings. The number of carbonyl (C=O) groups is 1. The van der Waals surface area contributed by atoms with Crippen molar-refractivity contribution in [2.24, 2.45) is 0 Å². The van der Waals surface area contributed by atoms with Crippen molar-refractivity contribution in [3.05, 3.63) is 69.3 Å². The molecule has 2 aromatic carbocycles. The highest BCUT2D eigenvalue weighted by molar-refractivity contribution is 6.31. The van der Waals surface area contributed by atoms with Gasteiger partial charge >= 0.3 is 0 Å². The fourth-order valence-electron chi connectivity index (χ4n) is 4.20. The van der Waals surface area contributed by atoms with Crippen molar-refractivity contribution >= 4 is 40.0 Å². The number of rotatable bonds is 6. The molecular weight excluding hydrogens is 419 g/mol. The van der Waals surface area contributed by atoms with E-state index in [-0.39, 0.29) is 5.91 Å². The van der Waals surface area contributed by atoms with Gasteiger partial charge in [-0.2, -0.15) is 0 Å². The number of morpholine rings is 1. The van der Waals surface area contributed by atoms with Crippen molar-refractivity contribution in [3.8, 4) is 0 Å². The molecule has 158 valence electrons. The van der Waals surface area contributed by atoms with Gasteiger partial charge in [0.2, 0.25) is 5.91 Å². The molecule has 0 unspecified atom stereocenters. The molecule has 4 nitrogen and oxygen atoms in total. The van der Waals surface area contributed by atoms with Crippen LogP contribution in [0, 0.1) is 6.92 Å². The standard InChI is InChI=1S/C24H26Cl2N2O2/c1-17-21(3-2-4-24(29)27-11-13-30-14-12-27)22-15-20(26)9-10-23(22)28(17)16-18-5-7-19(25)8-6-18/h5-10,15H,2-4,11-14,16H2,1H3. The van der Waals surface area contributed by atoms with Gasteiger partial charge in [0.25, 0.3) is 0 Å². The molecule has 1 fully saturated rings. The van der Waals surface area contributed by atoms with Crippen LogP contribution in [0.15, 0.2) is 42.5 Å². The van der Waals surface area contributed by atoms with Crippen LogP contribution in [0.3, 0.4) is 0 Å². The monoisotopic (exact) mass is 444 g/mol. The number of carbonyl (C=O) groups excluding carboxylic acids is 1. The maximum absolute atomic E-state index is 12.5. The largest absolute Gasteiger partial charge is 0.378 e. The molecule has 6 heteroatoms. The number of amides is 1. The lowest BCUT2D eigenvalue weighted by molar-refractivity contribution is -0.135. The van der Waals surface area contributed by atoms with Gasteiger partial charge in [-0.05, 0) is 61.2 Å². The predicted octanol–water partition coefficient (Wildman–Crippen LogP) is 5.49. The number of nitrogens with zero attached hydrogens (tertiary/aromatic N) is 2. The smallest absolute Gasteiger partial charge is 0.222 e. The third-order valence-corrected chi connectivity index (χ3v) is 6.34. The molecule has 1 saturated heterocycles. The van der Waals surface area contributed by atoms with Crippen molar-refractivity contribution in [1.82, 2.24) is 9.47 Å². The molecule has 1 aromatic heterocycles. The van der Waals surface area contributed by atoms with Crippen molar-refractivity contribution in [1.29, 1.82) is 0 Å². The number of hydrogen-bond donors (Lipinski definition) is 0. The van der Waals surface area contributed by atoms with E-state index in [4.69, 9.17) is 27.9 Å². The molecule has 0 atom stereocenters. The van der Waals surface area contributed by atoms with E-state index in [1.54, 1.807) is 0 Å². The molecule has 0 bridgehead atoms. The van der Waals surface area contributed by atoms with Crippen LogP contribution in [0.4, 0.5) is 0 Å². The second-order valence-electron chi connectivity index (χ2n) is 7.78. The lowest BCUT2D eigenvalue weighted by atomic mass is 10.0. The molecule has 2 heterocycles. The normalized spacial score (nSPS) is 14.4. The lowest BCUT2D eigenvalue weighted by Crippen LogP contribution is -2.40. The molecule has 0 spiro atoms. The Morgan fingerprint density at radius 1 is 1.03 bits per heavy atom. The summed E-state index contributed by atoms with van der Waals surface area (Å²) in [6.07, 6.45) is 2.24. The minimum Gasteiger partial charge on any atom is -0.378 e. The van der Waals surface area contributed by atoms with Crippen LogP contribution in [0.25, 0.3) is 10.9 Å². The third kappa shape index (κ3) is 4.66. The van der Waals surface area contributed by atoms with Gasteiger partial charge in [-0.1, -0.05) is 35.3 Å². The SMILES string of the molecule is Cc1c(CCCC(=O)N2CCOCC2)c2cc(Cl)ccc2n1Cc1ccc(Cl)cc1. The summed E-state index contributed by atoms with van der Waals surface area (Å²) in [5, 5.41) is 2.65. The first-order valence-electron chi connectivity index (χ1n) is 10.4. The molecular formula is C24H26Cl2N2O2. The van der Waals surface area contributed by atoms with E-state index < -0.39 is 0 Å².